The van der Waals surface area contributed by atoms with Crippen molar-refractivity contribution >= 4 is 0 Å². The monoisotopic (exact) mass is 245 g/mol. The van der Waals surface area contributed by atoms with Crippen molar-refractivity contribution in [1.29, 1.82) is 0 Å². The number of hydrogen-bond acceptors (Lipinski definition) is 2. The average molecular weight is 245 g/mol. The smallest absolute Gasteiger partial charge is 0.126 e. The van der Waals surface area contributed by atoms with Crippen molar-refractivity contribution in [2.45, 2.75) is 45.1 Å². The van der Waals surface area contributed by atoms with Gasteiger partial charge in [0, 0.05) is 0 Å². The lowest BCUT2D eigenvalue weighted by atomic mass is 9.89. The number of piperidine rings is 1. The summed E-state index contributed by atoms with van der Waals surface area (Å²) in [5, 5.41) is 3.44. The molecule has 1 aromatic rings. The van der Waals surface area contributed by atoms with Crippen LogP contribution in [-0.4, -0.2) is 19.2 Å². The summed E-state index contributed by atoms with van der Waals surface area (Å²) in [6, 6.07) is 6.70. The second-order valence-electron chi connectivity index (χ2n) is 5.77. The number of fused-ring (bicyclic) bond motifs is 1. The Morgan fingerprint density at radius 1 is 1.22 bits per heavy atom. The van der Waals surface area contributed by atoms with Gasteiger partial charge in [-0.2, -0.15) is 0 Å². The van der Waals surface area contributed by atoms with Gasteiger partial charge in [-0.15, -0.1) is 0 Å². The predicted molar refractivity (Wildman–Crippen MR) is 74.2 cm³/mol. The number of rotatable bonds is 2. The average Bonchev–Trinajstić information content (AvgIpc) is 2.41. The molecular weight excluding hydrogens is 222 g/mol. The lowest BCUT2D eigenvalue weighted by Crippen LogP contribution is -2.29. The van der Waals surface area contributed by atoms with Crippen LogP contribution < -0.4 is 10.1 Å². The molecular formula is C16H23NO. The molecule has 1 fully saturated rings. The van der Waals surface area contributed by atoms with E-state index in [1.807, 2.05) is 0 Å². The Morgan fingerprint density at radius 2 is 2.06 bits per heavy atom. The van der Waals surface area contributed by atoms with Crippen molar-refractivity contribution in [3.8, 4) is 5.75 Å². The van der Waals surface area contributed by atoms with E-state index in [-0.39, 0.29) is 0 Å². The Bertz CT molecular complexity index is 410. The van der Waals surface area contributed by atoms with Crippen LogP contribution in [0.1, 0.15) is 37.3 Å². The molecule has 2 heterocycles. The lowest BCUT2D eigenvalue weighted by Gasteiger charge is -2.28. The van der Waals surface area contributed by atoms with Crippen LogP contribution in [0.3, 0.4) is 0 Å². The van der Waals surface area contributed by atoms with Gasteiger partial charge in [-0.1, -0.05) is 18.2 Å². The highest BCUT2D eigenvalue weighted by Gasteiger charge is 2.21. The highest BCUT2D eigenvalue weighted by Crippen LogP contribution is 2.33. The highest BCUT2D eigenvalue weighted by atomic mass is 16.5. The Morgan fingerprint density at radius 3 is 2.89 bits per heavy atom. The Hall–Kier alpha value is -1.02. The first kappa shape index (κ1) is 12.0. The maximum Gasteiger partial charge on any atom is 0.126 e. The summed E-state index contributed by atoms with van der Waals surface area (Å²) < 4.78 is 6.09. The number of para-hydroxylation sites is 1. The quantitative estimate of drug-likeness (QED) is 0.865. The number of benzene rings is 1. The van der Waals surface area contributed by atoms with Crippen LogP contribution in [0.2, 0.25) is 0 Å². The molecule has 1 atom stereocenters. The van der Waals surface area contributed by atoms with E-state index < -0.39 is 0 Å². The molecule has 0 aromatic heterocycles. The molecule has 1 unspecified atom stereocenters. The summed E-state index contributed by atoms with van der Waals surface area (Å²) in [7, 11) is 0. The summed E-state index contributed by atoms with van der Waals surface area (Å²) in [5.74, 6) is 2.04. The molecule has 1 saturated heterocycles. The number of hydrogen-bond donors (Lipinski definition) is 1. The van der Waals surface area contributed by atoms with E-state index >= 15 is 0 Å². The van der Waals surface area contributed by atoms with Gasteiger partial charge in [0.25, 0.3) is 0 Å². The normalized spacial score (nSPS) is 24.4. The first-order valence-corrected chi connectivity index (χ1v) is 7.31. The molecule has 0 radical (unpaired) electrons. The molecule has 0 spiro atoms. The molecule has 3 rings (SSSR count). The second kappa shape index (κ2) is 5.31. The molecule has 2 nitrogen and oxygen atoms in total. The topological polar surface area (TPSA) is 21.3 Å². The van der Waals surface area contributed by atoms with Crippen LogP contribution in [0.5, 0.6) is 5.75 Å². The zero-order chi connectivity index (χ0) is 12.4. The lowest BCUT2D eigenvalue weighted by molar-refractivity contribution is 0.189. The number of aryl methyl sites for hydroxylation is 1. The maximum atomic E-state index is 6.09. The summed E-state index contributed by atoms with van der Waals surface area (Å²) in [6.07, 6.45) is 6.52. The van der Waals surface area contributed by atoms with Crippen molar-refractivity contribution in [3.05, 3.63) is 29.3 Å². The van der Waals surface area contributed by atoms with Crippen molar-refractivity contribution in [2.75, 3.05) is 13.1 Å². The fourth-order valence-electron chi connectivity index (χ4n) is 3.16. The van der Waals surface area contributed by atoms with Crippen LogP contribution in [0, 0.1) is 5.92 Å². The van der Waals surface area contributed by atoms with Gasteiger partial charge in [0.15, 0.2) is 0 Å². The summed E-state index contributed by atoms with van der Waals surface area (Å²) in [6.45, 7) is 4.54. The van der Waals surface area contributed by atoms with Crippen molar-refractivity contribution in [1.82, 2.24) is 5.32 Å². The van der Waals surface area contributed by atoms with Gasteiger partial charge in [-0.25, -0.2) is 0 Å². The molecule has 0 aliphatic carbocycles. The molecule has 2 heteroatoms. The fourth-order valence-corrected chi connectivity index (χ4v) is 3.16. The molecule has 18 heavy (non-hydrogen) atoms. The SMILES string of the molecule is CC1CCc2cccc(CC3CCNCC3)c2O1. The van der Waals surface area contributed by atoms with Crippen LogP contribution in [0.15, 0.2) is 18.2 Å². The first-order valence-electron chi connectivity index (χ1n) is 7.31. The van der Waals surface area contributed by atoms with E-state index in [2.05, 4.69) is 30.4 Å². The third-order valence-electron chi connectivity index (χ3n) is 4.28. The van der Waals surface area contributed by atoms with Crippen molar-refractivity contribution < 1.29 is 4.74 Å². The molecule has 1 N–H and O–H groups in total. The van der Waals surface area contributed by atoms with E-state index in [4.69, 9.17) is 4.74 Å². The minimum atomic E-state index is 0.381. The minimum Gasteiger partial charge on any atom is -0.490 e. The number of ether oxygens (including phenoxy) is 1. The molecule has 98 valence electrons. The first-order chi connectivity index (χ1) is 8.83. The van der Waals surface area contributed by atoms with Gasteiger partial charge in [0.2, 0.25) is 0 Å². The summed E-state index contributed by atoms with van der Waals surface area (Å²) in [5.41, 5.74) is 2.85. The van der Waals surface area contributed by atoms with Gasteiger partial charge < -0.3 is 10.1 Å². The van der Waals surface area contributed by atoms with Gasteiger partial charge >= 0.3 is 0 Å². The van der Waals surface area contributed by atoms with Crippen molar-refractivity contribution in [3.63, 3.8) is 0 Å². The summed E-state index contributed by atoms with van der Waals surface area (Å²) >= 11 is 0. The van der Waals surface area contributed by atoms with Gasteiger partial charge in [0.1, 0.15) is 5.75 Å². The van der Waals surface area contributed by atoms with E-state index in [9.17, 15) is 0 Å². The predicted octanol–water partition coefficient (Wildman–Crippen LogP) is 2.94. The third kappa shape index (κ3) is 2.54. The van der Waals surface area contributed by atoms with Gasteiger partial charge in [-0.05, 0) is 69.2 Å². The molecule has 0 bridgehead atoms. The van der Waals surface area contributed by atoms with Gasteiger partial charge in [0.05, 0.1) is 6.10 Å². The standard InChI is InChI=1S/C16H23NO/c1-12-5-6-14-3-2-4-15(16(14)18-12)11-13-7-9-17-10-8-13/h2-4,12-13,17H,5-11H2,1H3. The molecule has 0 saturated carbocycles. The largest absolute Gasteiger partial charge is 0.490 e. The van der Waals surface area contributed by atoms with E-state index in [0.717, 1.165) is 12.3 Å². The zero-order valence-electron chi connectivity index (χ0n) is 11.2. The van der Waals surface area contributed by atoms with Crippen LogP contribution >= 0.6 is 0 Å². The maximum absolute atomic E-state index is 6.09. The Balaban J connectivity index is 1.79. The van der Waals surface area contributed by atoms with Crippen molar-refractivity contribution in [2.24, 2.45) is 5.92 Å². The van der Waals surface area contributed by atoms with E-state index in [0.29, 0.717) is 6.10 Å². The molecule has 2 aliphatic heterocycles. The number of nitrogens with one attached hydrogen (secondary N) is 1. The minimum absolute atomic E-state index is 0.381. The van der Waals surface area contributed by atoms with Crippen LogP contribution in [-0.2, 0) is 12.8 Å². The zero-order valence-corrected chi connectivity index (χ0v) is 11.2. The third-order valence-corrected chi connectivity index (χ3v) is 4.28. The van der Waals surface area contributed by atoms with E-state index in [1.54, 1.807) is 0 Å². The fraction of sp³-hybridized carbons (Fsp3) is 0.625. The molecule has 2 aliphatic rings. The highest BCUT2D eigenvalue weighted by molar-refractivity contribution is 5.43. The van der Waals surface area contributed by atoms with Crippen LogP contribution in [0.25, 0.3) is 0 Å². The van der Waals surface area contributed by atoms with Crippen LogP contribution in [0.4, 0.5) is 0 Å². The second-order valence-corrected chi connectivity index (χ2v) is 5.77. The Labute approximate surface area is 110 Å². The summed E-state index contributed by atoms with van der Waals surface area (Å²) in [4.78, 5) is 0. The van der Waals surface area contributed by atoms with Gasteiger partial charge in [-0.3, -0.25) is 0 Å². The van der Waals surface area contributed by atoms with E-state index in [1.165, 1.54) is 55.6 Å². The molecule has 1 aromatic carbocycles. The molecule has 0 amide bonds. The Kier molecular flexibility index (Phi) is 3.55.